The highest BCUT2D eigenvalue weighted by Gasteiger charge is 2.27. The summed E-state index contributed by atoms with van der Waals surface area (Å²) < 4.78 is 0. The van der Waals surface area contributed by atoms with Crippen molar-refractivity contribution >= 4 is 29.1 Å². The fourth-order valence-electron chi connectivity index (χ4n) is 4.11. The molecule has 0 saturated carbocycles. The van der Waals surface area contributed by atoms with Crippen molar-refractivity contribution in [1.82, 2.24) is 9.80 Å². The van der Waals surface area contributed by atoms with E-state index in [1.165, 1.54) is 0 Å². The van der Waals surface area contributed by atoms with E-state index in [1.54, 1.807) is 0 Å². The number of hydrogen-bond acceptors (Lipinski definition) is 4. The van der Waals surface area contributed by atoms with Crippen molar-refractivity contribution in [3.8, 4) is 0 Å². The van der Waals surface area contributed by atoms with Crippen LogP contribution < -0.4 is 10.2 Å². The van der Waals surface area contributed by atoms with Gasteiger partial charge in [-0.1, -0.05) is 27.7 Å². The maximum absolute atomic E-state index is 13.3. The van der Waals surface area contributed by atoms with E-state index >= 15 is 0 Å². The molecule has 2 aliphatic rings. The number of amides is 3. The molecule has 2 fully saturated rings. The Morgan fingerprint density at radius 2 is 1.55 bits per heavy atom. The summed E-state index contributed by atoms with van der Waals surface area (Å²) in [6.45, 7) is 12.1. The largest absolute Gasteiger partial charge is 0.367 e. The van der Waals surface area contributed by atoms with E-state index < -0.39 is 0 Å². The second-order valence-electron chi connectivity index (χ2n) is 9.34. The molecule has 0 spiro atoms. The van der Waals surface area contributed by atoms with E-state index in [9.17, 15) is 14.4 Å². The molecule has 1 aromatic carbocycles. The average Bonchev–Trinajstić information content (AvgIpc) is 3.27. The number of likely N-dealkylation sites (tertiary alicyclic amines) is 1. The lowest BCUT2D eigenvalue weighted by molar-refractivity contribution is -0.132. The van der Waals surface area contributed by atoms with E-state index in [0.29, 0.717) is 49.8 Å². The maximum atomic E-state index is 13.3. The van der Waals surface area contributed by atoms with E-state index in [1.807, 2.05) is 41.8 Å². The van der Waals surface area contributed by atoms with Crippen molar-refractivity contribution in [2.75, 3.05) is 49.5 Å². The second kappa shape index (κ2) is 10.2. The summed E-state index contributed by atoms with van der Waals surface area (Å²) in [6.07, 6.45) is 2.63. The van der Waals surface area contributed by atoms with Crippen LogP contribution in [0, 0.1) is 11.8 Å². The first-order chi connectivity index (χ1) is 14.8. The molecule has 0 atom stereocenters. The van der Waals surface area contributed by atoms with Gasteiger partial charge in [-0.3, -0.25) is 14.4 Å². The molecule has 0 bridgehead atoms. The van der Waals surface area contributed by atoms with Gasteiger partial charge in [0, 0.05) is 63.0 Å². The molecule has 3 amide bonds. The van der Waals surface area contributed by atoms with Gasteiger partial charge in [0.2, 0.25) is 11.8 Å². The molecule has 0 radical (unpaired) electrons. The Morgan fingerprint density at radius 1 is 0.903 bits per heavy atom. The van der Waals surface area contributed by atoms with Crippen molar-refractivity contribution in [2.45, 2.75) is 47.0 Å². The molecule has 2 saturated heterocycles. The van der Waals surface area contributed by atoms with Crippen molar-refractivity contribution in [3.05, 3.63) is 23.8 Å². The normalized spacial score (nSPS) is 16.9. The van der Waals surface area contributed by atoms with Crippen LogP contribution in [0.3, 0.4) is 0 Å². The minimum atomic E-state index is -0.131. The molecule has 1 N–H and O–H groups in total. The van der Waals surface area contributed by atoms with Gasteiger partial charge in [0.05, 0.1) is 5.56 Å². The minimum Gasteiger partial charge on any atom is -0.367 e. The fraction of sp³-hybridized carbons (Fsp3) is 0.625. The second-order valence-corrected chi connectivity index (χ2v) is 9.34. The lowest BCUT2D eigenvalue weighted by Crippen LogP contribution is -2.49. The number of piperazine rings is 1. The third kappa shape index (κ3) is 5.77. The van der Waals surface area contributed by atoms with Crippen LogP contribution in [0.15, 0.2) is 18.2 Å². The first kappa shape index (κ1) is 23.1. The fourth-order valence-corrected chi connectivity index (χ4v) is 4.11. The van der Waals surface area contributed by atoms with Gasteiger partial charge in [0.25, 0.3) is 5.91 Å². The summed E-state index contributed by atoms with van der Waals surface area (Å²) in [4.78, 5) is 43.9. The third-order valence-electron chi connectivity index (χ3n) is 5.97. The van der Waals surface area contributed by atoms with E-state index in [0.717, 1.165) is 31.6 Å². The quantitative estimate of drug-likeness (QED) is 0.755. The summed E-state index contributed by atoms with van der Waals surface area (Å²) in [7, 11) is 0. The first-order valence-electron chi connectivity index (χ1n) is 11.5. The number of hydrogen-bond donors (Lipinski definition) is 1. The molecular formula is C24H36N4O3. The molecule has 3 rings (SSSR count). The van der Waals surface area contributed by atoms with Crippen molar-refractivity contribution < 1.29 is 14.4 Å². The third-order valence-corrected chi connectivity index (χ3v) is 5.97. The van der Waals surface area contributed by atoms with Crippen LogP contribution in [0.2, 0.25) is 0 Å². The Kier molecular flexibility index (Phi) is 7.57. The first-order valence-corrected chi connectivity index (χ1v) is 11.5. The summed E-state index contributed by atoms with van der Waals surface area (Å²) >= 11 is 0. The molecular weight excluding hydrogens is 392 g/mol. The predicted molar refractivity (Wildman–Crippen MR) is 123 cm³/mol. The average molecular weight is 429 g/mol. The standard InChI is InChI=1S/C24H36N4O3/c1-17(2)15-22(29)27-13-11-26(12-14-27)21-8-7-19(25-23(30)18(3)4)16-20(21)24(31)28-9-5-6-10-28/h7-8,16-18H,5-6,9-15H2,1-4H3,(H,25,30). The highest BCUT2D eigenvalue weighted by Crippen LogP contribution is 2.28. The lowest BCUT2D eigenvalue weighted by Gasteiger charge is -2.37. The Balaban J connectivity index is 1.79. The van der Waals surface area contributed by atoms with Gasteiger partial charge in [0.15, 0.2) is 0 Å². The number of nitrogens with zero attached hydrogens (tertiary/aromatic N) is 3. The molecule has 7 heteroatoms. The molecule has 2 heterocycles. The smallest absolute Gasteiger partial charge is 0.256 e. The van der Waals surface area contributed by atoms with Crippen LogP contribution in [-0.2, 0) is 9.59 Å². The van der Waals surface area contributed by atoms with Crippen LogP contribution >= 0.6 is 0 Å². The zero-order valence-electron chi connectivity index (χ0n) is 19.3. The highest BCUT2D eigenvalue weighted by molar-refractivity contribution is 6.02. The van der Waals surface area contributed by atoms with E-state index in [2.05, 4.69) is 24.1 Å². The number of carbonyl (C=O) groups is 3. The Morgan fingerprint density at radius 3 is 2.13 bits per heavy atom. The van der Waals surface area contributed by atoms with Gasteiger partial charge in [-0.05, 0) is 37.0 Å². The van der Waals surface area contributed by atoms with Gasteiger partial charge in [0.1, 0.15) is 0 Å². The number of nitrogens with one attached hydrogen (secondary N) is 1. The minimum absolute atomic E-state index is 0.0199. The SMILES string of the molecule is CC(C)CC(=O)N1CCN(c2ccc(NC(=O)C(C)C)cc2C(=O)N2CCCC2)CC1. The molecule has 31 heavy (non-hydrogen) atoms. The van der Waals surface area contributed by atoms with Crippen LogP contribution in [-0.4, -0.2) is 66.8 Å². The van der Waals surface area contributed by atoms with Gasteiger partial charge in [-0.15, -0.1) is 0 Å². The van der Waals surface area contributed by atoms with Crippen LogP contribution in [0.25, 0.3) is 0 Å². The number of rotatable bonds is 6. The van der Waals surface area contributed by atoms with Crippen LogP contribution in [0.1, 0.15) is 57.3 Å². The molecule has 2 aliphatic heterocycles. The van der Waals surface area contributed by atoms with Crippen molar-refractivity contribution in [3.63, 3.8) is 0 Å². The maximum Gasteiger partial charge on any atom is 0.256 e. The van der Waals surface area contributed by atoms with Gasteiger partial charge < -0.3 is 20.0 Å². The van der Waals surface area contributed by atoms with E-state index in [-0.39, 0.29) is 23.6 Å². The summed E-state index contributed by atoms with van der Waals surface area (Å²) in [5.41, 5.74) is 2.16. The summed E-state index contributed by atoms with van der Waals surface area (Å²) in [5, 5.41) is 2.92. The zero-order chi connectivity index (χ0) is 22.5. The predicted octanol–water partition coefficient (Wildman–Crippen LogP) is 3.21. The molecule has 0 aromatic heterocycles. The number of carbonyl (C=O) groups excluding carboxylic acids is 3. The summed E-state index contributed by atoms with van der Waals surface area (Å²) in [5.74, 6) is 0.378. The topological polar surface area (TPSA) is 73.0 Å². The summed E-state index contributed by atoms with van der Waals surface area (Å²) in [6, 6.07) is 5.62. The Labute approximate surface area is 185 Å². The zero-order valence-corrected chi connectivity index (χ0v) is 19.3. The molecule has 0 unspecified atom stereocenters. The van der Waals surface area contributed by atoms with Crippen molar-refractivity contribution in [1.29, 1.82) is 0 Å². The van der Waals surface area contributed by atoms with Gasteiger partial charge in [-0.25, -0.2) is 0 Å². The lowest BCUT2D eigenvalue weighted by atomic mass is 10.1. The van der Waals surface area contributed by atoms with Gasteiger partial charge in [-0.2, -0.15) is 0 Å². The van der Waals surface area contributed by atoms with Crippen LogP contribution in [0.4, 0.5) is 11.4 Å². The highest BCUT2D eigenvalue weighted by atomic mass is 16.2. The van der Waals surface area contributed by atoms with Crippen molar-refractivity contribution in [2.24, 2.45) is 11.8 Å². The number of anilines is 2. The van der Waals surface area contributed by atoms with E-state index in [4.69, 9.17) is 0 Å². The molecule has 0 aliphatic carbocycles. The molecule has 170 valence electrons. The molecule has 7 nitrogen and oxygen atoms in total. The Bertz CT molecular complexity index is 807. The van der Waals surface area contributed by atoms with Gasteiger partial charge >= 0.3 is 0 Å². The Hall–Kier alpha value is -2.57. The van der Waals surface area contributed by atoms with Crippen LogP contribution in [0.5, 0.6) is 0 Å². The monoisotopic (exact) mass is 428 g/mol. The number of benzene rings is 1. The molecule has 1 aromatic rings.